The van der Waals surface area contributed by atoms with Gasteiger partial charge in [-0.25, -0.2) is 4.68 Å². The molecule has 0 aliphatic carbocycles. The first kappa shape index (κ1) is 21.2. The van der Waals surface area contributed by atoms with Gasteiger partial charge in [-0.3, -0.25) is 4.79 Å². The second kappa shape index (κ2) is 8.68. The van der Waals surface area contributed by atoms with Crippen molar-refractivity contribution in [2.45, 2.75) is 32.7 Å². The summed E-state index contributed by atoms with van der Waals surface area (Å²) in [6, 6.07) is 17.2. The van der Waals surface area contributed by atoms with E-state index in [1.165, 1.54) is 5.56 Å². The first-order chi connectivity index (χ1) is 16.0. The number of piperidine rings is 1. The number of nitrogens with one attached hydrogen (secondary N) is 1. The standard InChI is InChI=1S/C25H24N6OS/c1-16-4-3-5-21(14-16)31-23-22(17(2)29-31)33-25(28-23)30-12-10-20(11-13-30)27-24(32)19-8-6-18(15-26)7-9-19/h3-9,14,20H,10-13H2,1-2H3,(H,27,32). The van der Waals surface area contributed by atoms with Crippen molar-refractivity contribution in [1.29, 1.82) is 5.26 Å². The average Bonchev–Trinajstić information content (AvgIpc) is 3.40. The van der Waals surface area contributed by atoms with E-state index in [2.05, 4.69) is 41.4 Å². The smallest absolute Gasteiger partial charge is 0.251 e. The summed E-state index contributed by atoms with van der Waals surface area (Å²) in [6.45, 7) is 5.78. The van der Waals surface area contributed by atoms with Gasteiger partial charge in [-0.2, -0.15) is 15.3 Å². The van der Waals surface area contributed by atoms with Crippen LogP contribution in [0.3, 0.4) is 0 Å². The van der Waals surface area contributed by atoms with Gasteiger partial charge in [0.15, 0.2) is 10.8 Å². The summed E-state index contributed by atoms with van der Waals surface area (Å²) in [5.74, 6) is -0.0909. The van der Waals surface area contributed by atoms with E-state index in [1.807, 2.05) is 17.7 Å². The third kappa shape index (κ3) is 4.20. The summed E-state index contributed by atoms with van der Waals surface area (Å²) in [4.78, 5) is 19.8. The molecule has 5 rings (SSSR count). The number of rotatable bonds is 4. The van der Waals surface area contributed by atoms with Gasteiger partial charge in [-0.1, -0.05) is 23.5 Å². The van der Waals surface area contributed by atoms with E-state index in [4.69, 9.17) is 15.3 Å². The normalized spacial score (nSPS) is 14.4. The quantitative estimate of drug-likeness (QED) is 0.493. The van der Waals surface area contributed by atoms with Crippen molar-refractivity contribution in [3.63, 3.8) is 0 Å². The highest BCUT2D eigenvalue weighted by atomic mass is 32.1. The van der Waals surface area contributed by atoms with Gasteiger partial charge in [0.2, 0.25) is 0 Å². The van der Waals surface area contributed by atoms with Crippen molar-refractivity contribution in [3.05, 3.63) is 70.9 Å². The number of aryl methyl sites for hydroxylation is 2. The van der Waals surface area contributed by atoms with Crippen LogP contribution < -0.4 is 10.2 Å². The maximum atomic E-state index is 12.6. The highest BCUT2D eigenvalue weighted by Crippen LogP contribution is 2.33. The minimum atomic E-state index is -0.0909. The van der Waals surface area contributed by atoms with Crippen molar-refractivity contribution in [1.82, 2.24) is 20.1 Å². The van der Waals surface area contributed by atoms with Crippen LogP contribution in [0.1, 0.15) is 40.0 Å². The van der Waals surface area contributed by atoms with Crippen LogP contribution in [0.4, 0.5) is 5.13 Å². The zero-order chi connectivity index (χ0) is 22.9. The third-order valence-electron chi connectivity index (χ3n) is 6.00. The molecule has 4 aromatic rings. The van der Waals surface area contributed by atoms with Crippen molar-refractivity contribution < 1.29 is 4.79 Å². The number of aromatic nitrogens is 3. The Bertz CT molecular complexity index is 1360. The second-order valence-corrected chi connectivity index (χ2v) is 9.39. The maximum Gasteiger partial charge on any atom is 0.251 e. The van der Waals surface area contributed by atoms with Crippen LogP contribution in [0.2, 0.25) is 0 Å². The van der Waals surface area contributed by atoms with Gasteiger partial charge in [0.1, 0.15) is 0 Å². The van der Waals surface area contributed by atoms with Gasteiger partial charge in [0, 0.05) is 24.7 Å². The van der Waals surface area contributed by atoms with Crippen LogP contribution >= 0.6 is 11.3 Å². The lowest BCUT2D eigenvalue weighted by atomic mass is 10.0. The van der Waals surface area contributed by atoms with E-state index >= 15 is 0 Å². The van der Waals surface area contributed by atoms with Gasteiger partial charge < -0.3 is 10.2 Å². The Morgan fingerprint density at radius 1 is 1.15 bits per heavy atom. The van der Waals surface area contributed by atoms with Crippen molar-refractivity contribution in [2.75, 3.05) is 18.0 Å². The molecule has 33 heavy (non-hydrogen) atoms. The third-order valence-corrected chi connectivity index (χ3v) is 7.21. The summed E-state index contributed by atoms with van der Waals surface area (Å²) in [6.07, 6.45) is 1.72. The highest BCUT2D eigenvalue weighted by Gasteiger charge is 2.25. The van der Waals surface area contributed by atoms with Gasteiger partial charge in [-0.05, 0) is 68.7 Å². The van der Waals surface area contributed by atoms with Crippen LogP contribution in [0.25, 0.3) is 16.0 Å². The zero-order valence-corrected chi connectivity index (χ0v) is 19.4. The minimum Gasteiger partial charge on any atom is -0.349 e. The number of nitriles is 1. The fourth-order valence-corrected chi connectivity index (χ4v) is 5.22. The lowest BCUT2D eigenvalue weighted by Crippen LogP contribution is -2.44. The Kier molecular flexibility index (Phi) is 5.56. The van der Waals surface area contributed by atoms with Crippen molar-refractivity contribution >= 4 is 32.7 Å². The predicted molar refractivity (Wildman–Crippen MR) is 130 cm³/mol. The fourth-order valence-electron chi connectivity index (χ4n) is 4.18. The molecule has 7 nitrogen and oxygen atoms in total. The maximum absolute atomic E-state index is 12.6. The first-order valence-electron chi connectivity index (χ1n) is 11.0. The highest BCUT2D eigenvalue weighted by molar-refractivity contribution is 7.22. The second-order valence-electron chi connectivity index (χ2n) is 8.41. The topological polar surface area (TPSA) is 86.8 Å². The summed E-state index contributed by atoms with van der Waals surface area (Å²) in [5.41, 5.74) is 5.23. The fraction of sp³-hybridized carbons (Fsp3) is 0.280. The van der Waals surface area contributed by atoms with E-state index in [0.29, 0.717) is 11.1 Å². The van der Waals surface area contributed by atoms with Crippen LogP contribution in [0, 0.1) is 25.2 Å². The SMILES string of the molecule is Cc1cccc(-n2nc(C)c3sc(N4CCC(NC(=O)c5ccc(C#N)cc5)CC4)nc32)c1. The van der Waals surface area contributed by atoms with E-state index in [1.54, 1.807) is 35.6 Å². The van der Waals surface area contributed by atoms with E-state index < -0.39 is 0 Å². The Morgan fingerprint density at radius 2 is 1.91 bits per heavy atom. The molecule has 166 valence electrons. The van der Waals surface area contributed by atoms with Crippen LogP contribution in [-0.2, 0) is 0 Å². The van der Waals surface area contributed by atoms with E-state index in [9.17, 15) is 4.79 Å². The monoisotopic (exact) mass is 456 g/mol. The number of thiazole rings is 1. The number of benzene rings is 2. The Labute approximate surface area is 196 Å². The molecule has 1 fully saturated rings. The first-order valence-corrected chi connectivity index (χ1v) is 11.8. The van der Waals surface area contributed by atoms with Crippen LogP contribution in [0.5, 0.6) is 0 Å². The van der Waals surface area contributed by atoms with E-state index in [-0.39, 0.29) is 11.9 Å². The van der Waals surface area contributed by atoms with Crippen molar-refractivity contribution in [3.8, 4) is 11.8 Å². The molecule has 0 saturated carbocycles. The molecule has 1 amide bonds. The number of nitrogens with zero attached hydrogens (tertiary/aromatic N) is 5. The van der Waals surface area contributed by atoms with Crippen molar-refractivity contribution in [2.24, 2.45) is 0 Å². The van der Waals surface area contributed by atoms with Gasteiger partial charge in [0.25, 0.3) is 5.91 Å². The molecule has 1 N–H and O–H groups in total. The molecule has 0 bridgehead atoms. The zero-order valence-electron chi connectivity index (χ0n) is 18.6. The molecule has 3 heterocycles. The molecule has 0 atom stereocenters. The molecule has 1 aliphatic heterocycles. The minimum absolute atomic E-state index is 0.0909. The number of anilines is 1. The molecular weight excluding hydrogens is 432 g/mol. The Balaban J connectivity index is 1.27. The molecule has 1 aliphatic rings. The lowest BCUT2D eigenvalue weighted by Gasteiger charge is -2.32. The molecule has 0 spiro atoms. The van der Waals surface area contributed by atoms with Crippen LogP contribution in [-0.4, -0.2) is 39.8 Å². The molecule has 0 unspecified atom stereocenters. The number of amides is 1. The summed E-state index contributed by atoms with van der Waals surface area (Å²) >= 11 is 1.68. The average molecular weight is 457 g/mol. The Morgan fingerprint density at radius 3 is 2.61 bits per heavy atom. The summed E-state index contributed by atoms with van der Waals surface area (Å²) in [5, 5.41) is 17.8. The van der Waals surface area contributed by atoms with Crippen LogP contribution in [0.15, 0.2) is 48.5 Å². The van der Waals surface area contributed by atoms with Gasteiger partial charge in [0.05, 0.1) is 27.7 Å². The predicted octanol–water partition coefficient (Wildman–Crippen LogP) is 4.37. The van der Waals surface area contributed by atoms with Gasteiger partial charge in [-0.15, -0.1) is 0 Å². The molecule has 2 aromatic heterocycles. The van der Waals surface area contributed by atoms with Gasteiger partial charge >= 0.3 is 0 Å². The number of hydrogen-bond acceptors (Lipinski definition) is 6. The molecule has 0 radical (unpaired) electrons. The number of fused-ring (bicyclic) bond motifs is 1. The molecule has 8 heteroatoms. The molecule has 1 saturated heterocycles. The molecular formula is C25H24N6OS. The summed E-state index contributed by atoms with van der Waals surface area (Å²) in [7, 11) is 0. The lowest BCUT2D eigenvalue weighted by molar-refractivity contribution is 0.0931. The number of carbonyl (C=O) groups is 1. The Hall–Kier alpha value is -3.70. The number of carbonyl (C=O) groups excluding carboxylic acids is 1. The summed E-state index contributed by atoms with van der Waals surface area (Å²) < 4.78 is 3.05. The number of hydrogen-bond donors (Lipinski definition) is 1. The van der Waals surface area contributed by atoms with E-state index in [0.717, 1.165) is 52.8 Å². The largest absolute Gasteiger partial charge is 0.349 e. The molecule has 2 aromatic carbocycles.